The van der Waals surface area contributed by atoms with E-state index in [1.54, 1.807) is 0 Å². The van der Waals surface area contributed by atoms with E-state index in [1.165, 1.54) is 12.1 Å². The van der Waals surface area contributed by atoms with Crippen molar-refractivity contribution in [2.24, 2.45) is 5.92 Å². The van der Waals surface area contributed by atoms with Gasteiger partial charge in [0.2, 0.25) is 0 Å². The van der Waals surface area contributed by atoms with Crippen LogP contribution in [-0.4, -0.2) is 27.6 Å². The van der Waals surface area contributed by atoms with Crippen molar-refractivity contribution in [1.29, 1.82) is 0 Å². The highest BCUT2D eigenvalue weighted by Crippen LogP contribution is 2.30. The van der Waals surface area contributed by atoms with Gasteiger partial charge in [0.1, 0.15) is 5.69 Å². The van der Waals surface area contributed by atoms with Crippen LogP contribution in [0.15, 0.2) is 18.2 Å². The van der Waals surface area contributed by atoms with Crippen LogP contribution in [0.25, 0.3) is 0 Å². The summed E-state index contributed by atoms with van der Waals surface area (Å²) in [6.07, 6.45) is 2.99. The Labute approximate surface area is 121 Å². The molecule has 2 rings (SSSR count). The number of hydrogen-bond acceptors (Lipinski definition) is 6. The number of rotatable bonds is 5. The molecule has 0 radical (unpaired) electrons. The maximum Gasteiger partial charge on any atom is 0.299 e. The number of non-ortho nitro benzene ring substituents is 1. The second-order valence-corrected chi connectivity index (χ2v) is 5.27. The van der Waals surface area contributed by atoms with Gasteiger partial charge in [-0.3, -0.25) is 20.2 Å². The molecule has 8 heteroatoms. The molecule has 0 heterocycles. The van der Waals surface area contributed by atoms with Gasteiger partial charge in [0.15, 0.2) is 0 Å². The quantitative estimate of drug-likeness (QED) is 0.636. The highest BCUT2D eigenvalue weighted by molar-refractivity contribution is 5.65. The third-order valence-corrected chi connectivity index (χ3v) is 3.79. The molecule has 0 bridgehead atoms. The third kappa shape index (κ3) is 3.88. The van der Waals surface area contributed by atoms with Crippen LogP contribution < -0.4 is 5.32 Å². The van der Waals surface area contributed by atoms with Crippen molar-refractivity contribution in [2.45, 2.75) is 31.8 Å². The lowest BCUT2D eigenvalue weighted by Gasteiger charge is -2.25. The number of anilines is 1. The summed E-state index contributed by atoms with van der Waals surface area (Å²) >= 11 is 0. The average molecular weight is 295 g/mol. The van der Waals surface area contributed by atoms with Gasteiger partial charge < -0.3 is 10.4 Å². The minimum Gasteiger partial charge on any atom is -0.393 e. The number of nitrogens with zero attached hydrogens (tertiary/aromatic N) is 2. The smallest absolute Gasteiger partial charge is 0.299 e. The molecule has 0 aliphatic heterocycles. The minimum atomic E-state index is -0.653. The Balaban J connectivity index is 2.05. The van der Waals surface area contributed by atoms with E-state index in [0.717, 1.165) is 31.7 Å². The van der Waals surface area contributed by atoms with E-state index in [-0.39, 0.29) is 23.2 Å². The summed E-state index contributed by atoms with van der Waals surface area (Å²) in [4.78, 5) is 20.4. The van der Waals surface area contributed by atoms with Gasteiger partial charge in [-0.25, -0.2) is 0 Å². The zero-order valence-corrected chi connectivity index (χ0v) is 11.4. The Hall–Kier alpha value is -2.22. The lowest BCUT2D eigenvalue weighted by molar-refractivity contribution is -0.393. The Kier molecular flexibility index (Phi) is 4.69. The fraction of sp³-hybridized carbons (Fsp3) is 0.538. The molecule has 0 saturated heterocycles. The monoisotopic (exact) mass is 295 g/mol. The van der Waals surface area contributed by atoms with Gasteiger partial charge >= 0.3 is 0 Å². The molecule has 1 aromatic carbocycles. The zero-order valence-electron chi connectivity index (χ0n) is 11.4. The van der Waals surface area contributed by atoms with Crippen molar-refractivity contribution >= 4 is 17.1 Å². The van der Waals surface area contributed by atoms with Gasteiger partial charge in [-0.05, 0) is 37.7 Å². The van der Waals surface area contributed by atoms with Crippen LogP contribution in [0.2, 0.25) is 0 Å². The Morgan fingerprint density at radius 1 is 1.14 bits per heavy atom. The molecule has 114 valence electrons. The molecule has 8 nitrogen and oxygen atoms in total. The number of aliphatic hydroxyl groups excluding tert-OH is 1. The Bertz CT molecular complexity index is 541. The molecular weight excluding hydrogens is 278 g/mol. The van der Waals surface area contributed by atoms with Crippen molar-refractivity contribution in [1.82, 2.24) is 0 Å². The van der Waals surface area contributed by atoms with E-state index in [4.69, 9.17) is 0 Å². The molecular formula is C13H17N3O5. The summed E-state index contributed by atoms with van der Waals surface area (Å²) in [5.74, 6) is 0.350. The normalized spacial score (nSPS) is 21.8. The van der Waals surface area contributed by atoms with Gasteiger partial charge in [0.25, 0.3) is 11.4 Å². The van der Waals surface area contributed by atoms with Crippen LogP contribution in [0, 0.1) is 26.1 Å². The predicted molar refractivity (Wildman–Crippen MR) is 76.2 cm³/mol. The Morgan fingerprint density at radius 3 is 2.38 bits per heavy atom. The molecule has 0 aromatic heterocycles. The molecule has 1 fully saturated rings. The van der Waals surface area contributed by atoms with Crippen molar-refractivity contribution in [2.75, 3.05) is 11.9 Å². The van der Waals surface area contributed by atoms with E-state index < -0.39 is 9.85 Å². The number of hydrogen-bond donors (Lipinski definition) is 2. The summed E-state index contributed by atoms with van der Waals surface area (Å²) in [6, 6.07) is 3.58. The predicted octanol–water partition coefficient (Wildman–Crippen LogP) is 2.47. The van der Waals surface area contributed by atoms with Gasteiger partial charge in [-0.15, -0.1) is 0 Å². The zero-order chi connectivity index (χ0) is 15.4. The summed E-state index contributed by atoms with van der Waals surface area (Å²) in [6.45, 7) is 0.561. The number of nitro groups is 2. The van der Waals surface area contributed by atoms with Crippen molar-refractivity contribution in [3.05, 3.63) is 38.4 Å². The van der Waals surface area contributed by atoms with Gasteiger partial charge in [0.05, 0.1) is 22.0 Å². The number of benzene rings is 1. The maximum atomic E-state index is 11.0. The molecule has 1 saturated carbocycles. The van der Waals surface area contributed by atoms with E-state index in [2.05, 4.69) is 5.32 Å². The van der Waals surface area contributed by atoms with Gasteiger partial charge in [-0.1, -0.05) is 0 Å². The first-order valence-corrected chi connectivity index (χ1v) is 6.82. The fourth-order valence-corrected chi connectivity index (χ4v) is 2.54. The first kappa shape index (κ1) is 15.2. The van der Waals surface area contributed by atoms with Crippen LogP contribution in [0.4, 0.5) is 17.1 Å². The summed E-state index contributed by atoms with van der Waals surface area (Å²) in [7, 11) is 0. The summed E-state index contributed by atoms with van der Waals surface area (Å²) in [5, 5.41) is 34.1. The Morgan fingerprint density at radius 2 is 1.81 bits per heavy atom. The molecule has 1 aliphatic carbocycles. The fourth-order valence-electron chi connectivity index (χ4n) is 2.54. The number of nitrogens with one attached hydrogen (secondary N) is 1. The van der Waals surface area contributed by atoms with E-state index in [0.29, 0.717) is 12.5 Å². The molecule has 1 aromatic rings. The van der Waals surface area contributed by atoms with E-state index >= 15 is 0 Å². The molecule has 0 atom stereocenters. The summed E-state index contributed by atoms with van der Waals surface area (Å²) < 4.78 is 0. The van der Waals surface area contributed by atoms with E-state index in [1.807, 2.05) is 0 Å². The van der Waals surface area contributed by atoms with Crippen molar-refractivity contribution in [3.8, 4) is 0 Å². The van der Waals surface area contributed by atoms with Gasteiger partial charge in [-0.2, -0.15) is 0 Å². The van der Waals surface area contributed by atoms with Crippen LogP contribution in [0.1, 0.15) is 25.7 Å². The van der Waals surface area contributed by atoms with Crippen LogP contribution in [-0.2, 0) is 0 Å². The van der Waals surface area contributed by atoms with E-state index in [9.17, 15) is 25.3 Å². The highest BCUT2D eigenvalue weighted by Gasteiger charge is 2.22. The van der Waals surface area contributed by atoms with Crippen molar-refractivity contribution < 1.29 is 15.0 Å². The molecule has 21 heavy (non-hydrogen) atoms. The molecule has 0 unspecified atom stereocenters. The summed E-state index contributed by atoms with van der Waals surface area (Å²) in [5.41, 5.74) is -0.301. The van der Waals surface area contributed by atoms with Crippen LogP contribution >= 0.6 is 0 Å². The lowest BCUT2D eigenvalue weighted by Crippen LogP contribution is -2.23. The SMILES string of the molecule is O=[N+]([O-])c1ccc(NCC2CCC(O)CC2)c([N+](=O)[O-])c1. The largest absolute Gasteiger partial charge is 0.393 e. The number of aliphatic hydroxyl groups is 1. The van der Waals surface area contributed by atoms with Crippen LogP contribution in [0.5, 0.6) is 0 Å². The first-order chi connectivity index (χ1) is 9.97. The maximum absolute atomic E-state index is 11.0. The minimum absolute atomic E-state index is 0.241. The second kappa shape index (κ2) is 6.49. The number of nitro benzene ring substituents is 2. The molecule has 0 amide bonds. The average Bonchev–Trinajstić information content (AvgIpc) is 2.46. The van der Waals surface area contributed by atoms with Gasteiger partial charge in [0, 0.05) is 12.6 Å². The van der Waals surface area contributed by atoms with Crippen molar-refractivity contribution in [3.63, 3.8) is 0 Å². The topological polar surface area (TPSA) is 119 Å². The highest BCUT2D eigenvalue weighted by atomic mass is 16.6. The standard InChI is InChI=1S/C13H17N3O5/c17-11-4-1-9(2-5-11)8-14-12-6-3-10(15(18)19)7-13(12)16(20)21/h3,6-7,9,11,14,17H,1-2,4-5,8H2. The molecule has 0 spiro atoms. The molecule has 2 N–H and O–H groups in total. The third-order valence-electron chi connectivity index (χ3n) is 3.79. The molecule has 1 aliphatic rings. The van der Waals surface area contributed by atoms with Crippen LogP contribution in [0.3, 0.4) is 0 Å². The lowest BCUT2D eigenvalue weighted by atomic mass is 9.87. The first-order valence-electron chi connectivity index (χ1n) is 6.82. The second-order valence-electron chi connectivity index (χ2n) is 5.27.